The van der Waals surface area contributed by atoms with Crippen molar-refractivity contribution in [3.63, 3.8) is 0 Å². The number of benzene rings is 3. The Hall–Kier alpha value is -2.57. The van der Waals surface area contributed by atoms with Crippen LogP contribution < -0.4 is 29.6 Å². The molecule has 0 amide bonds. The molecule has 0 atom stereocenters. The zero-order valence-corrected chi connectivity index (χ0v) is 17.1. The molecule has 0 heterocycles. The van der Waals surface area contributed by atoms with Crippen LogP contribution in [0.1, 0.15) is 0 Å². The predicted octanol–water partition coefficient (Wildman–Crippen LogP) is 0.483. The third-order valence-corrected chi connectivity index (χ3v) is 4.48. The van der Waals surface area contributed by atoms with Gasteiger partial charge in [0.2, 0.25) is 5.75 Å². The molecule has 0 radical (unpaired) electrons. The van der Waals surface area contributed by atoms with Gasteiger partial charge >= 0.3 is 35.2 Å². The minimum absolute atomic E-state index is 0. The summed E-state index contributed by atoms with van der Waals surface area (Å²) >= 11 is 0. The fraction of sp³-hybridized carbons (Fsp3) is 0. The van der Waals surface area contributed by atoms with E-state index in [1.165, 1.54) is 6.07 Å². The first kappa shape index (κ1) is 21.7. The van der Waals surface area contributed by atoms with Crippen molar-refractivity contribution in [2.45, 2.75) is 4.90 Å². The van der Waals surface area contributed by atoms with Crippen molar-refractivity contribution in [1.82, 2.24) is 0 Å². The molecule has 2 N–H and O–H groups in total. The first-order chi connectivity index (χ1) is 12.7. The molecule has 0 bridgehead atoms. The molecule has 0 aromatic heterocycles. The zero-order valence-electron chi connectivity index (χ0n) is 14.3. The van der Waals surface area contributed by atoms with Gasteiger partial charge in [-0.2, -0.15) is 0 Å². The third kappa shape index (κ3) is 4.29. The van der Waals surface area contributed by atoms with Gasteiger partial charge in [0.25, 0.3) is 0 Å². The SMILES string of the molecule is O=[N+]([O-])c1cc(S(=O)(=O)[O-])cc(N=Nc2c(O)ccc3ccccc23)c1O.[Na+]. The van der Waals surface area contributed by atoms with E-state index in [9.17, 15) is 33.3 Å². The summed E-state index contributed by atoms with van der Waals surface area (Å²) in [6.07, 6.45) is 0. The molecule has 3 rings (SSSR count). The zero-order chi connectivity index (χ0) is 19.8. The number of phenols is 2. The van der Waals surface area contributed by atoms with Gasteiger partial charge in [-0.15, -0.1) is 10.2 Å². The predicted molar refractivity (Wildman–Crippen MR) is 92.5 cm³/mol. The smallest absolute Gasteiger partial charge is 0.744 e. The Bertz CT molecular complexity index is 1210. The molecule has 0 aliphatic carbocycles. The number of nitro groups is 1. The minimum atomic E-state index is -5.04. The second kappa shape index (κ2) is 8.20. The maximum absolute atomic E-state index is 11.2. The second-order valence-electron chi connectivity index (χ2n) is 5.38. The number of nitro benzene ring substituents is 1. The van der Waals surface area contributed by atoms with Crippen molar-refractivity contribution in [2.75, 3.05) is 0 Å². The first-order valence-electron chi connectivity index (χ1n) is 7.28. The van der Waals surface area contributed by atoms with Crippen molar-refractivity contribution >= 4 is 38.0 Å². The van der Waals surface area contributed by atoms with E-state index in [-0.39, 0.29) is 41.0 Å². The number of hydrogen-bond acceptors (Lipinski definition) is 9. The Morgan fingerprint density at radius 3 is 2.32 bits per heavy atom. The summed E-state index contributed by atoms with van der Waals surface area (Å²) in [6, 6.07) is 10.9. The van der Waals surface area contributed by atoms with Gasteiger partial charge in [0, 0.05) is 11.5 Å². The Morgan fingerprint density at radius 2 is 1.68 bits per heavy atom. The summed E-state index contributed by atoms with van der Waals surface area (Å²) < 4.78 is 33.6. The molecule has 0 fully saturated rings. The second-order valence-corrected chi connectivity index (χ2v) is 6.76. The molecule has 0 spiro atoms. The molecular formula is C16H10N3NaO7S. The van der Waals surface area contributed by atoms with Gasteiger partial charge in [-0.25, -0.2) is 8.42 Å². The Balaban J connectivity index is 0.00000280. The van der Waals surface area contributed by atoms with Gasteiger partial charge in [0.15, 0.2) is 0 Å². The van der Waals surface area contributed by atoms with E-state index in [1.807, 2.05) is 0 Å². The average molecular weight is 411 g/mol. The van der Waals surface area contributed by atoms with Crippen molar-refractivity contribution in [3.05, 3.63) is 58.6 Å². The van der Waals surface area contributed by atoms with Crippen molar-refractivity contribution in [3.8, 4) is 11.5 Å². The standard InChI is InChI=1S/C16H11N3O7S.Na/c20-14-6-5-9-3-1-2-4-11(9)15(14)18-17-12-7-10(27(24,25)26)8-13(16(12)21)19(22)23;/h1-8,20-21H,(H,24,25,26);/q;+1/p-1. The number of fused-ring (bicyclic) bond motifs is 1. The molecular weight excluding hydrogens is 401 g/mol. The normalized spacial score (nSPS) is 11.5. The quantitative estimate of drug-likeness (QED) is 0.207. The fourth-order valence-electron chi connectivity index (χ4n) is 2.39. The Labute approximate surface area is 180 Å². The van der Waals surface area contributed by atoms with E-state index in [4.69, 9.17) is 0 Å². The van der Waals surface area contributed by atoms with Crippen molar-refractivity contribution in [2.24, 2.45) is 10.2 Å². The number of phenolic OH excluding ortho intramolecular Hbond substituents is 2. The molecule has 3 aromatic rings. The van der Waals surface area contributed by atoms with E-state index in [0.29, 0.717) is 17.5 Å². The van der Waals surface area contributed by atoms with E-state index < -0.39 is 37.1 Å². The van der Waals surface area contributed by atoms with Gasteiger partial charge < -0.3 is 14.8 Å². The fourth-order valence-corrected chi connectivity index (χ4v) is 2.90. The van der Waals surface area contributed by atoms with Crippen LogP contribution in [0.25, 0.3) is 10.8 Å². The van der Waals surface area contributed by atoms with Crippen molar-refractivity contribution < 1.29 is 57.7 Å². The topological polar surface area (TPSA) is 166 Å². The van der Waals surface area contributed by atoms with Crippen LogP contribution in [0, 0.1) is 10.1 Å². The van der Waals surface area contributed by atoms with Gasteiger partial charge in [-0.05, 0) is 17.5 Å². The monoisotopic (exact) mass is 411 g/mol. The molecule has 0 saturated heterocycles. The van der Waals surface area contributed by atoms with E-state index in [1.54, 1.807) is 30.3 Å². The summed E-state index contributed by atoms with van der Waals surface area (Å²) in [5, 5.41) is 39.6. The summed E-state index contributed by atoms with van der Waals surface area (Å²) in [6.45, 7) is 0. The maximum atomic E-state index is 11.2. The molecule has 138 valence electrons. The van der Waals surface area contributed by atoms with Crippen LogP contribution >= 0.6 is 0 Å². The van der Waals surface area contributed by atoms with E-state index >= 15 is 0 Å². The van der Waals surface area contributed by atoms with Gasteiger partial charge in [0.1, 0.15) is 27.2 Å². The molecule has 10 nitrogen and oxygen atoms in total. The van der Waals surface area contributed by atoms with Crippen LogP contribution in [0.5, 0.6) is 11.5 Å². The molecule has 0 aliphatic heterocycles. The van der Waals surface area contributed by atoms with Gasteiger partial charge in [0.05, 0.1) is 9.82 Å². The van der Waals surface area contributed by atoms with Crippen LogP contribution in [0.2, 0.25) is 0 Å². The van der Waals surface area contributed by atoms with Crippen LogP contribution in [-0.2, 0) is 10.1 Å². The number of aromatic hydroxyl groups is 2. The minimum Gasteiger partial charge on any atom is -0.744 e. The molecule has 12 heteroatoms. The number of rotatable bonds is 4. The number of hydrogen-bond donors (Lipinski definition) is 2. The van der Waals surface area contributed by atoms with Crippen molar-refractivity contribution in [1.29, 1.82) is 0 Å². The van der Waals surface area contributed by atoms with E-state index in [2.05, 4.69) is 10.2 Å². The maximum Gasteiger partial charge on any atom is 1.00 e. The van der Waals surface area contributed by atoms with Crippen LogP contribution in [0.4, 0.5) is 17.1 Å². The summed E-state index contributed by atoms with van der Waals surface area (Å²) in [7, 11) is -5.04. The number of azo groups is 1. The third-order valence-electron chi connectivity index (χ3n) is 3.67. The average Bonchev–Trinajstić information content (AvgIpc) is 2.60. The van der Waals surface area contributed by atoms with Gasteiger partial charge in [-0.3, -0.25) is 10.1 Å². The van der Waals surface area contributed by atoms with Crippen LogP contribution in [0.3, 0.4) is 0 Å². The van der Waals surface area contributed by atoms with Crippen LogP contribution in [0.15, 0.2) is 63.7 Å². The molecule has 0 unspecified atom stereocenters. The summed E-state index contributed by atoms with van der Waals surface area (Å²) in [4.78, 5) is 8.99. The number of nitrogens with zero attached hydrogens (tertiary/aromatic N) is 3. The molecule has 0 saturated carbocycles. The van der Waals surface area contributed by atoms with Crippen LogP contribution in [-0.4, -0.2) is 28.1 Å². The largest absolute Gasteiger partial charge is 1.00 e. The Morgan fingerprint density at radius 1 is 1.00 bits per heavy atom. The Kier molecular flexibility index (Phi) is 6.37. The molecule has 28 heavy (non-hydrogen) atoms. The molecule has 0 aliphatic rings. The summed E-state index contributed by atoms with van der Waals surface area (Å²) in [5.74, 6) is -1.21. The molecule has 3 aromatic carbocycles. The first-order valence-corrected chi connectivity index (χ1v) is 8.69. The van der Waals surface area contributed by atoms with E-state index in [0.717, 1.165) is 5.39 Å². The summed E-state index contributed by atoms with van der Waals surface area (Å²) in [5.41, 5.74) is -1.61. The van der Waals surface area contributed by atoms with Gasteiger partial charge in [-0.1, -0.05) is 30.3 Å².